The fourth-order valence-corrected chi connectivity index (χ4v) is 2.42. The minimum absolute atomic E-state index is 0.0818. The Labute approximate surface area is 120 Å². The van der Waals surface area contributed by atoms with Crippen LogP contribution in [0.15, 0.2) is 18.3 Å². The van der Waals surface area contributed by atoms with Gasteiger partial charge in [0.25, 0.3) is 0 Å². The number of carbonyl (C=O) groups excluding carboxylic acids is 1. The second-order valence-corrected chi connectivity index (χ2v) is 5.28. The summed E-state index contributed by atoms with van der Waals surface area (Å²) in [5, 5.41) is 6.30. The zero-order valence-electron chi connectivity index (χ0n) is 12.5. The lowest BCUT2D eigenvalue weighted by Gasteiger charge is -2.34. The first-order valence-corrected chi connectivity index (χ1v) is 7.37. The largest absolute Gasteiger partial charge is 0.357 e. The molecular formula is C15H24N4O. The van der Waals surface area contributed by atoms with Gasteiger partial charge in [0.2, 0.25) is 5.91 Å². The van der Waals surface area contributed by atoms with Gasteiger partial charge in [-0.3, -0.25) is 9.78 Å². The first-order valence-electron chi connectivity index (χ1n) is 7.37. The number of nitrogens with zero attached hydrogens (tertiary/aromatic N) is 2. The van der Waals surface area contributed by atoms with Crippen molar-refractivity contribution in [3.63, 3.8) is 0 Å². The normalized spacial score (nSPS) is 20.6. The third kappa shape index (κ3) is 3.28. The first kappa shape index (κ1) is 14.8. The predicted molar refractivity (Wildman–Crippen MR) is 80.8 cm³/mol. The Bertz CT molecular complexity index is 446. The summed E-state index contributed by atoms with van der Waals surface area (Å²) < 4.78 is 0. The fraction of sp³-hybridized carbons (Fsp3) is 0.600. The van der Waals surface area contributed by atoms with Gasteiger partial charge in [-0.25, -0.2) is 0 Å². The third-order valence-electron chi connectivity index (χ3n) is 3.75. The SMILES string of the molecule is CCCNC(C)c1ccc(N2CCNC(=O)C2C)cn1. The maximum atomic E-state index is 11.7. The number of pyridine rings is 1. The number of carbonyl (C=O) groups is 1. The Morgan fingerprint density at radius 1 is 1.55 bits per heavy atom. The quantitative estimate of drug-likeness (QED) is 0.855. The molecule has 2 atom stereocenters. The molecule has 0 aromatic carbocycles. The molecule has 1 saturated heterocycles. The topological polar surface area (TPSA) is 57.3 Å². The van der Waals surface area contributed by atoms with Gasteiger partial charge in [0.1, 0.15) is 6.04 Å². The molecule has 2 unspecified atom stereocenters. The van der Waals surface area contributed by atoms with Crippen LogP contribution in [0.1, 0.15) is 38.9 Å². The third-order valence-corrected chi connectivity index (χ3v) is 3.75. The summed E-state index contributed by atoms with van der Waals surface area (Å²) >= 11 is 0. The molecule has 2 rings (SSSR count). The number of aromatic nitrogens is 1. The van der Waals surface area contributed by atoms with Crippen LogP contribution in [0, 0.1) is 0 Å². The maximum Gasteiger partial charge on any atom is 0.242 e. The second-order valence-electron chi connectivity index (χ2n) is 5.28. The van der Waals surface area contributed by atoms with Crippen LogP contribution in [0.2, 0.25) is 0 Å². The van der Waals surface area contributed by atoms with Crippen LogP contribution >= 0.6 is 0 Å². The van der Waals surface area contributed by atoms with Crippen molar-refractivity contribution in [2.75, 3.05) is 24.5 Å². The Morgan fingerprint density at radius 3 is 3.00 bits per heavy atom. The number of hydrogen-bond acceptors (Lipinski definition) is 4. The van der Waals surface area contributed by atoms with Crippen molar-refractivity contribution >= 4 is 11.6 Å². The molecule has 2 N–H and O–H groups in total. The van der Waals surface area contributed by atoms with Gasteiger partial charge in [-0.05, 0) is 38.9 Å². The lowest BCUT2D eigenvalue weighted by atomic mass is 10.1. The number of rotatable bonds is 5. The van der Waals surface area contributed by atoms with Crippen molar-refractivity contribution < 1.29 is 4.79 Å². The number of amides is 1. The molecule has 1 aromatic rings. The van der Waals surface area contributed by atoms with Crippen LogP contribution in [0.25, 0.3) is 0 Å². The smallest absolute Gasteiger partial charge is 0.242 e. The van der Waals surface area contributed by atoms with Gasteiger partial charge in [0, 0.05) is 19.1 Å². The Kier molecular flexibility index (Phi) is 4.95. The number of anilines is 1. The molecule has 0 spiro atoms. The van der Waals surface area contributed by atoms with E-state index in [4.69, 9.17) is 0 Å². The number of hydrogen-bond donors (Lipinski definition) is 2. The Morgan fingerprint density at radius 2 is 2.35 bits per heavy atom. The monoisotopic (exact) mass is 276 g/mol. The lowest BCUT2D eigenvalue weighted by Crippen LogP contribution is -2.54. The molecule has 2 heterocycles. The highest BCUT2D eigenvalue weighted by molar-refractivity contribution is 5.86. The average Bonchev–Trinajstić information content (AvgIpc) is 2.48. The molecule has 5 heteroatoms. The molecule has 0 bridgehead atoms. The van der Waals surface area contributed by atoms with Crippen LogP contribution in [0.3, 0.4) is 0 Å². The van der Waals surface area contributed by atoms with Gasteiger partial charge < -0.3 is 15.5 Å². The molecule has 0 radical (unpaired) electrons. The molecule has 0 saturated carbocycles. The van der Waals surface area contributed by atoms with Crippen LogP contribution in [-0.2, 0) is 4.79 Å². The van der Waals surface area contributed by atoms with E-state index in [1.807, 2.05) is 19.2 Å². The van der Waals surface area contributed by atoms with Crippen LogP contribution in [0.4, 0.5) is 5.69 Å². The fourth-order valence-electron chi connectivity index (χ4n) is 2.42. The van der Waals surface area contributed by atoms with Gasteiger partial charge in [-0.1, -0.05) is 6.92 Å². The summed E-state index contributed by atoms with van der Waals surface area (Å²) in [7, 11) is 0. The second kappa shape index (κ2) is 6.70. The van der Waals surface area contributed by atoms with E-state index < -0.39 is 0 Å². The van der Waals surface area contributed by atoms with E-state index in [1.165, 1.54) is 0 Å². The van der Waals surface area contributed by atoms with E-state index in [0.29, 0.717) is 6.54 Å². The predicted octanol–water partition coefficient (Wildman–Crippen LogP) is 1.47. The molecule has 5 nitrogen and oxygen atoms in total. The summed E-state index contributed by atoms with van der Waals surface area (Å²) in [6.07, 6.45) is 2.98. The van der Waals surface area contributed by atoms with Crippen molar-refractivity contribution in [3.05, 3.63) is 24.0 Å². The summed E-state index contributed by atoms with van der Waals surface area (Å²) in [4.78, 5) is 18.3. The van der Waals surface area contributed by atoms with Crippen LogP contribution in [-0.4, -0.2) is 36.6 Å². The van der Waals surface area contributed by atoms with Gasteiger partial charge in [0.05, 0.1) is 17.6 Å². The van der Waals surface area contributed by atoms with Crippen molar-refractivity contribution in [1.29, 1.82) is 0 Å². The van der Waals surface area contributed by atoms with E-state index in [-0.39, 0.29) is 18.0 Å². The van der Waals surface area contributed by atoms with E-state index in [9.17, 15) is 4.79 Å². The van der Waals surface area contributed by atoms with E-state index in [1.54, 1.807) is 0 Å². The van der Waals surface area contributed by atoms with Crippen LogP contribution in [0.5, 0.6) is 0 Å². The van der Waals surface area contributed by atoms with Crippen molar-refractivity contribution in [1.82, 2.24) is 15.6 Å². The van der Waals surface area contributed by atoms with Crippen molar-refractivity contribution in [2.45, 2.75) is 39.3 Å². The molecule has 1 aliphatic rings. The molecule has 20 heavy (non-hydrogen) atoms. The lowest BCUT2D eigenvalue weighted by molar-refractivity contribution is -0.122. The summed E-state index contributed by atoms with van der Waals surface area (Å²) in [6, 6.07) is 4.22. The van der Waals surface area contributed by atoms with Gasteiger partial charge >= 0.3 is 0 Å². The zero-order chi connectivity index (χ0) is 14.5. The summed E-state index contributed by atoms with van der Waals surface area (Å²) in [6.45, 7) is 8.71. The molecule has 1 fully saturated rings. The summed E-state index contributed by atoms with van der Waals surface area (Å²) in [5.41, 5.74) is 2.05. The van der Waals surface area contributed by atoms with E-state index in [0.717, 1.165) is 30.9 Å². The Balaban J connectivity index is 2.05. The molecule has 1 aromatic heterocycles. The van der Waals surface area contributed by atoms with E-state index in [2.05, 4.69) is 40.4 Å². The number of piperazine rings is 1. The minimum atomic E-state index is -0.132. The highest BCUT2D eigenvalue weighted by atomic mass is 16.2. The Hall–Kier alpha value is -1.62. The molecule has 110 valence electrons. The van der Waals surface area contributed by atoms with Gasteiger partial charge in [-0.2, -0.15) is 0 Å². The van der Waals surface area contributed by atoms with Gasteiger partial charge in [-0.15, -0.1) is 0 Å². The standard InChI is InChI=1S/C15H24N4O/c1-4-7-16-11(2)14-6-5-13(10-18-14)19-9-8-17-15(20)12(19)3/h5-6,10-12,16H,4,7-9H2,1-3H3,(H,17,20). The molecule has 1 amide bonds. The van der Waals surface area contributed by atoms with Crippen LogP contribution < -0.4 is 15.5 Å². The highest BCUT2D eigenvalue weighted by Crippen LogP contribution is 2.19. The molecular weight excluding hydrogens is 252 g/mol. The van der Waals surface area contributed by atoms with E-state index >= 15 is 0 Å². The molecule has 0 aliphatic carbocycles. The minimum Gasteiger partial charge on any atom is -0.357 e. The van der Waals surface area contributed by atoms with Crippen molar-refractivity contribution in [2.24, 2.45) is 0 Å². The number of nitrogens with one attached hydrogen (secondary N) is 2. The highest BCUT2D eigenvalue weighted by Gasteiger charge is 2.25. The maximum absolute atomic E-state index is 11.7. The van der Waals surface area contributed by atoms with Gasteiger partial charge in [0.15, 0.2) is 0 Å². The summed E-state index contributed by atoms with van der Waals surface area (Å²) in [5.74, 6) is 0.0818. The van der Waals surface area contributed by atoms with Crippen molar-refractivity contribution in [3.8, 4) is 0 Å². The first-order chi connectivity index (χ1) is 9.63. The molecule has 1 aliphatic heterocycles. The average molecular weight is 276 g/mol. The zero-order valence-corrected chi connectivity index (χ0v) is 12.5.